The summed E-state index contributed by atoms with van der Waals surface area (Å²) in [7, 11) is 0. The molecule has 0 aliphatic rings. The van der Waals surface area contributed by atoms with Crippen LogP contribution >= 0.6 is 12.4 Å². The Hall–Kier alpha value is -1.59. The average molecular weight is 283 g/mol. The van der Waals surface area contributed by atoms with Gasteiger partial charge in [0, 0.05) is 24.0 Å². The van der Waals surface area contributed by atoms with Crippen molar-refractivity contribution in [3.63, 3.8) is 0 Å². The Bertz CT molecular complexity index is 553. The second-order valence-corrected chi connectivity index (χ2v) is 4.17. The largest absolute Gasteiger partial charge is 0.330 e. The average Bonchev–Trinajstić information content (AvgIpc) is 2.78. The van der Waals surface area contributed by atoms with Gasteiger partial charge >= 0.3 is 0 Å². The molecule has 104 valence electrons. The fraction of sp³-hybridized carbons (Fsp3) is 0.385. The zero-order chi connectivity index (χ0) is 13.0. The normalized spacial score (nSPS) is 10.2. The number of aryl methyl sites for hydroxylation is 1. The van der Waals surface area contributed by atoms with E-state index in [-0.39, 0.29) is 18.3 Å². The van der Waals surface area contributed by atoms with Gasteiger partial charge in [0.15, 0.2) is 0 Å². The van der Waals surface area contributed by atoms with Crippen LogP contribution in [-0.4, -0.2) is 22.2 Å². The highest BCUT2D eigenvalue weighted by Gasteiger charge is 2.05. The summed E-state index contributed by atoms with van der Waals surface area (Å²) in [6, 6.07) is 5.81. The summed E-state index contributed by atoms with van der Waals surface area (Å²) < 4.78 is 1.91. The number of amides is 1. The minimum atomic E-state index is 0. The standard InChI is InChI=1S/C13H18N4O.ClH/c1-2-17-12-8-11(6-5-10(12)9-15-17)16-13(18)4-3-7-14;/h5-6,8-9H,2-4,7,14H2,1H3,(H,16,18);1H. The molecule has 2 rings (SSSR count). The molecule has 0 fully saturated rings. The first-order valence-electron chi connectivity index (χ1n) is 6.20. The van der Waals surface area contributed by atoms with Crippen LogP contribution in [0.15, 0.2) is 24.4 Å². The van der Waals surface area contributed by atoms with E-state index in [0.29, 0.717) is 19.4 Å². The molecule has 0 bridgehead atoms. The van der Waals surface area contributed by atoms with Crippen LogP contribution in [-0.2, 0) is 11.3 Å². The predicted octanol–water partition coefficient (Wildman–Crippen LogP) is 2.16. The Labute approximate surface area is 118 Å². The van der Waals surface area contributed by atoms with E-state index in [9.17, 15) is 4.79 Å². The summed E-state index contributed by atoms with van der Waals surface area (Å²) in [5, 5.41) is 8.23. The van der Waals surface area contributed by atoms with Gasteiger partial charge in [-0.1, -0.05) is 0 Å². The third kappa shape index (κ3) is 3.68. The van der Waals surface area contributed by atoms with Gasteiger partial charge in [-0.2, -0.15) is 5.10 Å². The molecule has 1 amide bonds. The lowest BCUT2D eigenvalue weighted by atomic mass is 10.2. The van der Waals surface area contributed by atoms with Crippen molar-refractivity contribution in [2.24, 2.45) is 5.73 Å². The van der Waals surface area contributed by atoms with E-state index in [0.717, 1.165) is 23.1 Å². The lowest BCUT2D eigenvalue weighted by molar-refractivity contribution is -0.116. The lowest BCUT2D eigenvalue weighted by Crippen LogP contribution is -2.13. The highest BCUT2D eigenvalue weighted by molar-refractivity contribution is 5.93. The molecule has 0 radical (unpaired) electrons. The molecule has 6 heteroatoms. The predicted molar refractivity (Wildman–Crippen MR) is 79.6 cm³/mol. The zero-order valence-electron chi connectivity index (χ0n) is 10.9. The first-order valence-corrected chi connectivity index (χ1v) is 6.20. The van der Waals surface area contributed by atoms with Crippen LogP contribution in [0.3, 0.4) is 0 Å². The van der Waals surface area contributed by atoms with Gasteiger partial charge in [0.2, 0.25) is 5.91 Å². The van der Waals surface area contributed by atoms with Crippen molar-refractivity contribution in [1.82, 2.24) is 9.78 Å². The van der Waals surface area contributed by atoms with E-state index in [1.54, 1.807) is 0 Å². The number of anilines is 1. The second kappa shape index (κ2) is 7.11. The van der Waals surface area contributed by atoms with Crippen LogP contribution in [0.25, 0.3) is 10.9 Å². The summed E-state index contributed by atoms with van der Waals surface area (Å²) in [6.45, 7) is 3.39. The van der Waals surface area contributed by atoms with Crippen molar-refractivity contribution in [1.29, 1.82) is 0 Å². The molecule has 1 aromatic carbocycles. The van der Waals surface area contributed by atoms with Crippen molar-refractivity contribution in [3.05, 3.63) is 24.4 Å². The highest BCUT2D eigenvalue weighted by Crippen LogP contribution is 2.19. The summed E-state index contributed by atoms with van der Waals surface area (Å²) in [5.41, 5.74) is 7.22. The van der Waals surface area contributed by atoms with Crippen molar-refractivity contribution in [3.8, 4) is 0 Å². The number of hydrogen-bond acceptors (Lipinski definition) is 3. The van der Waals surface area contributed by atoms with Gasteiger partial charge in [0.1, 0.15) is 0 Å². The maximum Gasteiger partial charge on any atom is 0.224 e. The highest BCUT2D eigenvalue weighted by atomic mass is 35.5. The summed E-state index contributed by atoms with van der Waals surface area (Å²) in [5.74, 6) is 0.00219. The number of aromatic nitrogens is 2. The molecule has 5 nitrogen and oxygen atoms in total. The summed E-state index contributed by atoms with van der Waals surface area (Å²) >= 11 is 0. The third-order valence-electron chi connectivity index (χ3n) is 2.84. The Morgan fingerprint density at radius 2 is 2.26 bits per heavy atom. The third-order valence-corrected chi connectivity index (χ3v) is 2.84. The molecule has 0 spiro atoms. The smallest absolute Gasteiger partial charge is 0.224 e. The van der Waals surface area contributed by atoms with Crippen molar-refractivity contribution >= 4 is 34.9 Å². The van der Waals surface area contributed by atoms with Gasteiger partial charge in [-0.3, -0.25) is 9.48 Å². The molecule has 0 unspecified atom stereocenters. The number of carbonyl (C=O) groups excluding carboxylic acids is 1. The first kappa shape index (κ1) is 15.5. The number of nitrogens with two attached hydrogens (primary N) is 1. The Kier molecular flexibility index (Phi) is 5.79. The van der Waals surface area contributed by atoms with Gasteiger partial charge in [-0.15, -0.1) is 12.4 Å². The molecule has 0 atom stereocenters. The number of benzene rings is 1. The molecule has 1 heterocycles. The molecular formula is C13H19ClN4O. The number of carbonyl (C=O) groups is 1. The Morgan fingerprint density at radius 1 is 1.47 bits per heavy atom. The maximum absolute atomic E-state index is 11.6. The van der Waals surface area contributed by atoms with Crippen LogP contribution in [0.5, 0.6) is 0 Å². The molecule has 19 heavy (non-hydrogen) atoms. The molecular weight excluding hydrogens is 264 g/mol. The van der Waals surface area contributed by atoms with Crippen LogP contribution in [0, 0.1) is 0 Å². The number of halogens is 1. The number of rotatable bonds is 5. The van der Waals surface area contributed by atoms with Gasteiger partial charge in [-0.25, -0.2) is 0 Å². The van der Waals surface area contributed by atoms with Crippen LogP contribution in [0.1, 0.15) is 19.8 Å². The van der Waals surface area contributed by atoms with Gasteiger partial charge in [0.25, 0.3) is 0 Å². The minimum absolute atomic E-state index is 0. The van der Waals surface area contributed by atoms with E-state index in [1.807, 2.05) is 36.0 Å². The van der Waals surface area contributed by atoms with Gasteiger partial charge < -0.3 is 11.1 Å². The van der Waals surface area contributed by atoms with Crippen LogP contribution in [0.4, 0.5) is 5.69 Å². The minimum Gasteiger partial charge on any atom is -0.330 e. The van der Waals surface area contributed by atoms with Crippen molar-refractivity contribution in [2.75, 3.05) is 11.9 Å². The number of nitrogens with zero attached hydrogens (tertiary/aromatic N) is 2. The van der Waals surface area contributed by atoms with Crippen molar-refractivity contribution in [2.45, 2.75) is 26.3 Å². The fourth-order valence-electron chi connectivity index (χ4n) is 1.89. The lowest BCUT2D eigenvalue weighted by Gasteiger charge is -2.06. The molecule has 0 saturated carbocycles. The van der Waals surface area contributed by atoms with Gasteiger partial charge in [-0.05, 0) is 38.1 Å². The molecule has 0 aliphatic heterocycles. The quantitative estimate of drug-likeness (QED) is 0.882. The molecule has 1 aromatic heterocycles. The van der Waals surface area contributed by atoms with E-state index in [1.165, 1.54) is 0 Å². The second-order valence-electron chi connectivity index (χ2n) is 4.17. The molecule has 0 saturated heterocycles. The number of nitrogens with one attached hydrogen (secondary N) is 1. The number of fused-ring (bicyclic) bond motifs is 1. The van der Waals surface area contributed by atoms with Gasteiger partial charge in [0.05, 0.1) is 11.7 Å². The van der Waals surface area contributed by atoms with Crippen molar-refractivity contribution < 1.29 is 4.79 Å². The van der Waals surface area contributed by atoms with Crippen LogP contribution < -0.4 is 11.1 Å². The zero-order valence-corrected chi connectivity index (χ0v) is 11.7. The topological polar surface area (TPSA) is 72.9 Å². The SMILES string of the molecule is CCn1ncc2ccc(NC(=O)CCCN)cc21.Cl. The fourth-order valence-corrected chi connectivity index (χ4v) is 1.89. The molecule has 3 N–H and O–H groups in total. The van der Waals surface area contributed by atoms with E-state index >= 15 is 0 Å². The van der Waals surface area contributed by atoms with E-state index < -0.39 is 0 Å². The summed E-state index contributed by atoms with van der Waals surface area (Å²) in [6.07, 6.45) is 3.00. The number of hydrogen-bond donors (Lipinski definition) is 2. The van der Waals surface area contributed by atoms with E-state index in [2.05, 4.69) is 10.4 Å². The summed E-state index contributed by atoms with van der Waals surface area (Å²) in [4.78, 5) is 11.6. The van der Waals surface area contributed by atoms with Crippen LogP contribution in [0.2, 0.25) is 0 Å². The first-order chi connectivity index (χ1) is 8.74. The Morgan fingerprint density at radius 3 is 2.95 bits per heavy atom. The Balaban J connectivity index is 0.00000180. The molecule has 0 aliphatic carbocycles. The maximum atomic E-state index is 11.6. The van der Waals surface area contributed by atoms with E-state index in [4.69, 9.17) is 5.73 Å². The monoisotopic (exact) mass is 282 g/mol. The molecule has 2 aromatic rings.